The molecule has 0 spiro atoms. The highest BCUT2D eigenvalue weighted by Gasteiger charge is 2.59. The largest absolute Gasteiger partial charge is 0.493 e. The van der Waals surface area contributed by atoms with Crippen LogP contribution in [-0.2, 0) is 9.59 Å². The fourth-order valence-corrected chi connectivity index (χ4v) is 5.27. The second kappa shape index (κ2) is 8.32. The zero-order valence-corrected chi connectivity index (χ0v) is 18.9. The summed E-state index contributed by atoms with van der Waals surface area (Å²) < 4.78 is 10.8. The molecule has 3 aliphatic rings. The minimum Gasteiger partial charge on any atom is -0.493 e. The Balaban J connectivity index is 1.32. The minimum absolute atomic E-state index is 0.125. The molecule has 2 aromatic rings. The van der Waals surface area contributed by atoms with Gasteiger partial charge in [-0.2, -0.15) is 10.1 Å². The number of fused-ring (bicyclic) bond motifs is 5. The van der Waals surface area contributed by atoms with Gasteiger partial charge in [0.25, 0.3) is 11.8 Å². The number of esters is 1. The lowest BCUT2D eigenvalue weighted by Crippen LogP contribution is -2.28. The first-order chi connectivity index (χ1) is 15.9. The second-order valence-corrected chi connectivity index (χ2v) is 9.00. The van der Waals surface area contributed by atoms with Gasteiger partial charge in [-0.1, -0.05) is 35.4 Å². The number of hydrazone groups is 1. The third kappa shape index (κ3) is 3.71. The molecule has 2 aliphatic carbocycles. The summed E-state index contributed by atoms with van der Waals surface area (Å²) >= 11 is 11.9. The Morgan fingerprint density at radius 3 is 2.36 bits per heavy atom. The van der Waals surface area contributed by atoms with Crippen molar-refractivity contribution in [2.75, 3.05) is 7.11 Å². The zero-order valence-electron chi connectivity index (χ0n) is 17.4. The maximum Gasteiger partial charge on any atom is 0.345 e. The van der Waals surface area contributed by atoms with Crippen LogP contribution in [0.5, 0.6) is 11.5 Å². The average molecular weight is 485 g/mol. The Morgan fingerprint density at radius 1 is 1.03 bits per heavy atom. The topological polar surface area (TPSA) is 85.3 Å². The molecule has 0 aromatic heterocycles. The Morgan fingerprint density at radius 2 is 1.73 bits per heavy atom. The van der Waals surface area contributed by atoms with Crippen LogP contribution in [-0.4, -0.2) is 36.1 Å². The summed E-state index contributed by atoms with van der Waals surface area (Å²) in [6.07, 6.45) is 6.35. The highest BCUT2D eigenvalue weighted by molar-refractivity contribution is 6.36. The molecule has 4 atom stereocenters. The average Bonchev–Trinajstić information content (AvgIpc) is 3.47. The van der Waals surface area contributed by atoms with E-state index in [0.717, 1.165) is 11.4 Å². The molecule has 1 saturated carbocycles. The quantitative estimate of drug-likeness (QED) is 0.207. The standard InChI is InChI=1S/C24H18Cl2N2O5/c1-32-19-8-12(2-7-18(19)33-24(31)16-6-5-15(25)10-17(16)26)11-27-28-22(29)20-13-3-4-14(9-13)21(20)23(28)30/h2-8,10-11,13-14,20-21H,9H2,1H3/t13-,14-,20-,21+/m0/s1. The maximum absolute atomic E-state index is 12.7. The number of carbonyl (C=O) groups is 3. The van der Waals surface area contributed by atoms with Gasteiger partial charge in [0.2, 0.25) is 0 Å². The number of imide groups is 1. The van der Waals surface area contributed by atoms with E-state index in [-0.39, 0.29) is 57.6 Å². The minimum atomic E-state index is -0.667. The molecule has 0 radical (unpaired) electrons. The van der Waals surface area contributed by atoms with Crippen LogP contribution in [0, 0.1) is 23.7 Å². The first-order valence-corrected chi connectivity index (χ1v) is 11.1. The van der Waals surface area contributed by atoms with Gasteiger partial charge in [-0.05, 0) is 60.2 Å². The first kappa shape index (κ1) is 21.7. The van der Waals surface area contributed by atoms with E-state index >= 15 is 0 Å². The van der Waals surface area contributed by atoms with Crippen LogP contribution < -0.4 is 9.47 Å². The van der Waals surface area contributed by atoms with Gasteiger partial charge in [0.05, 0.1) is 35.7 Å². The van der Waals surface area contributed by atoms with Gasteiger partial charge in [-0.15, -0.1) is 0 Å². The second-order valence-electron chi connectivity index (χ2n) is 8.16. The van der Waals surface area contributed by atoms with Crippen molar-refractivity contribution >= 4 is 47.2 Å². The number of hydrogen-bond donors (Lipinski definition) is 0. The molecule has 2 aromatic carbocycles. The Bertz CT molecular complexity index is 1210. The third-order valence-electron chi connectivity index (χ3n) is 6.31. The number of allylic oxidation sites excluding steroid dienone is 2. The van der Waals surface area contributed by atoms with Gasteiger partial charge in [0, 0.05) is 5.02 Å². The van der Waals surface area contributed by atoms with Crippen molar-refractivity contribution in [3.05, 3.63) is 69.7 Å². The van der Waals surface area contributed by atoms with E-state index in [1.807, 2.05) is 12.2 Å². The number of halogens is 2. The molecule has 33 heavy (non-hydrogen) atoms. The van der Waals surface area contributed by atoms with Crippen molar-refractivity contribution in [3.8, 4) is 11.5 Å². The summed E-state index contributed by atoms with van der Waals surface area (Å²) in [5.74, 6) is -1.09. The Hall–Kier alpha value is -3.16. The van der Waals surface area contributed by atoms with Crippen LogP contribution in [0.1, 0.15) is 22.3 Å². The van der Waals surface area contributed by atoms with Crippen LogP contribution in [0.2, 0.25) is 10.0 Å². The zero-order chi connectivity index (χ0) is 23.3. The van der Waals surface area contributed by atoms with Gasteiger partial charge in [-0.25, -0.2) is 4.79 Å². The summed E-state index contributed by atoms with van der Waals surface area (Å²) in [4.78, 5) is 38.0. The number of ether oxygens (including phenoxy) is 2. The number of carbonyl (C=O) groups excluding carboxylic acids is 3. The van der Waals surface area contributed by atoms with Crippen molar-refractivity contribution < 1.29 is 23.9 Å². The maximum atomic E-state index is 12.7. The van der Waals surface area contributed by atoms with Crippen LogP contribution >= 0.6 is 23.2 Å². The Labute approximate surface area is 199 Å². The molecule has 2 fully saturated rings. The van der Waals surface area contributed by atoms with E-state index < -0.39 is 5.97 Å². The first-order valence-electron chi connectivity index (χ1n) is 10.3. The lowest BCUT2D eigenvalue weighted by molar-refractivity contribution is -0.140. The van der Waals surface area contributed by atoms with Crippen molar-refractivity contribution in [1.29, 1.82) is 0 Å². The molecule has 0 unspecified atom stereocenters. The molecule has 2 bridgehead atoms. The molecule has 1 saturated heterocycles. The number of benzene rings is 2. The summed E-state index contributed by atoms with van der Waals surface area (Å²) in [5.41, 5.74) is 0.726. The summed E-state index contributed by atoms with van der Waals surface area (Å²) in [6, 6.07) is 9.22. The number of rotatable bonds is 5. The fourth-order valence-electron chi connectivity index (χ4n) is 4.78. The molecular formula is C24H18Cl2N2O5. The van der Waals surface area contributed by atoms with Crippen molar-refractivity contribution in [2.45, 2.75) is 6.42 Å². The number of amides is 2. The van der Waals surface area contributed by atoms with Gasteiger partial charge < -0.3 is 9.47 Å². The van der Waals surface area contributed by atoms with Crippen molar-refractivity contribution in [3.63, 3.8) is 0 Å². The third-order valence-corrected chi connectivity index (χ3v) is 6.86. The molecule has 1 heterocycles. The predicted molar refractivity (Wildman–Crippen MR) is 122 cm³/mol. The van der Waals surface area contributed by atoms with Crippen LogP contribution in [0.25, 0.3) is 0 Å². The molecule has 7 nitrogen and oxygen atoms in total. The van der Waals surface area contributed by atoms with Crippen molar-refractivity contribution in [2.24, 2.45) is 28.8 Å². The smallest absolute Gasteiger partial charge is 0.345 e. The van der Waals surface area contributed by atoms with Gasteiger partial charge in [0.15, 0.2) is 11.5 Å². The monoisotopic (exact) mass is 484 g/mol. The highest BCUT2D eigenvalue weighted by Crippen LogP contribution is 2.52. The van der Waals surface area contributed by atoms with E-state index in [4.69, 9.17) is 32.7 Å². The van der Waals surface area contributed by atoms with E-state index in [2.05, 4.69) is 5.10 Å². The highest BCUT2D eigenvalue weighted by atomic mass is 35.5. The summed E-state index contributed by atoms with van der Waals surface area (Å²) in [6.45, 7) is 0. The molecular weight excluding hydrogens is 467 g/mol. The fraction of sp³-hybridized carbons (Fsp3) is 0.250. The number of nitrogens with zero attached hydrogens (tertiary/aromatic N) is 2. The molecule has 168 valence electrons. The van der Waals surface area contributed by atoms with Gasteiger partial charge in [0.1, 0.15) is 0 Å². The van der Waals surface area contributed by atoms with E-state index in [9.17, 15) is 14.4 Å². The lowest BCUT2D eigenvalue weighted by atomic mass is 9.85. The van der Waals surface area contributed by atoms with Crippen molar-refractivity contribution in [1.82, 2.24) is 5.01 Å². The van der Waals surface area contributed by atoms with E-state index in [1.54, 1.807) is 12.1 Å². The summed E-state index contributed by atoms with van der Waals surface area (Å²) in [5, 5.41) is 5.71. The van der Waals surface area contributed by atoms with E-state index in [1.165, 1.54) is 37.6 Å². The molecule has 2 amide bonds. The number of hydrogen-bond acceptors (Lipinski definition) is 6. The van der Waals surface area contributed by atoms with Gasteiger partial charge >= 0.3 is 5.97 Å². The molecule has 5 rings (SSSR count). The Kier molecular flexibility index (Phi) is 5.46. The molecule has 9 heteroatoms. The van der Waals surface area contributed by atoms with E-state index in [0.29, 0.717) is 10.6 Å². The molecule has 0 N–H and O–H groups in total. The van der Waals surface area contributed by atoms with Crippen LogP contribution in [0.4, 0.5) is 0 Å². The predicted octanol–water partition coefficient (Wildman–Crippen LogP) is 4.36. The van der Waals surface area contributed by atoms with Crippen LogP contribution in [0.15, 0.2) is 53.7 Å². The number of methoxy groups -OCH3 is 1. The van der Waals surface area contributed by atoms with Crippen LogP contribution in [0.3, 0.4) is 0 Å². The van der Waals surface area contributed by atoms with Gasteiger partial charge in [-0.3, -0.25) is 9.59 Å². The molecule has 1 aliphatic heterocycles. The SMILES string of the molecule is COc1cc(C=NN2C(=O)[C@@H]3[C@H](C2=O)[C@H]2C=C[C@H]3C2)ccc1OC(=O)c1ccc(Cl)cc1Cl. The summed E-state index contributed by atoms with van der Waals surface area (Å²) in [7, 11) is 1.43. The lowest BCUT2D eigenvalue weighted by Gasteiger charge is -2.13. The normalized spacial score (nSPS) is 25.2.